The lowest BCUT2D eigenvalue weighted by molar-refractivity contribution is -0.190. The van der Waals surface area contributed by atoms with Crippen LogP contribution in [-0.4, -0.2) is 24.3 Å². The first kappa shape index (κ1) is 9.87. The van der Waals surface area contributed by atoms with Crippen molar-refractivity contribution in [3.05, 3.63) is 12.7 Å². The van der Waals surface area contributed by atoms with E-state index in [1.54, 1.807) is 6.08 Å². The van der Waals surface area contributed by atoms with Gasteiger partial charge in [0.05, 0.1) is 0 Å². The lowest BCUT2D eigenvalue weighted by atomic mass is 9.94. The van der Waals surface area contributed by atoms with Crippen molar-refractivity contribution in [1.29, 1.82) is 0 Å². The highest BCUT2D eigenvalue weighted by Crippen LogP contribution is 2.40. The molecule has 1 aliphatic heterocycles. The van der Waals surface area contributed by atoms with E-state index in [-0.39, 0.29) is 6.10 Å². The number of ether oxygens (including phenoxy) is 2. The monoisotopic (exact) mass is 196 g/mol. The summed E-state index contributed by atoms with van der Waals surface area (Å²) >= 11 is 0. The second kappa shape index (κ2) is 3.83. The van der Waals surface area contributed by atoms with Gasteiger partial charge in [0.15, 0.2) is 12.1 Å². The van der Waals surface area contributed by atoms with Gasteiger partial charge in [-0.15, -0.1) is 6.58 Å². The second-order valence-corrected chi connectivity index (χ2v) is 4.01. The fourth-order valence-corrected chi connectivity index (χ4v) is 2.27. The van der Waals surface area contributed by atoms with Crippen LogP contribution < -0.4 is 0 Å². The molecule has 0 N–H and O–H groups in total. The Kier molecular flexibility index (Phi) is 2.70. The zero-order valence-corrected chi connectivity index (χ0v) is 8.28. The molecule has 1 heterocycles. The maximum Gasteiger partial charge on any atom is 0.170 e. The van der Waals surface area contributed by atoms with Crippen LogP contribution >= 0.6 is 0 Å². The number of rotatable bonds is 2. The molecule has 0 aromatic carbocycles. The van der Waals surface area contributed by atoms with E-state index in [0.717, 1.165) is 32.0 Å². The molecule has 14 heavy (non-hydrogen) atoms. The first-order chi connectivity index (χ1) is 6.79. The third-order valence-electron chi connectivity index (χ3n) is 3.01. The number of carbonyl (C=O) groups is 1. The summed E-state index contributed by atoms with van der Waals surface area (Å²) in [6.45, 7) is 3.65. The van der Waals surface area contributed by atoms with Crippen molar-refractivity contribution in [2.24, 2.45) is 0 Å². The predicted molar refractivity (Wildman–Crippen MR) is 51.8 cm³/mol. The van der Waals surface area contributed by atoms with E-state index >= 15 is 0 Å². The largest absolute Gasteiger partial charge is 0.339 e. The molecule has 2 aliphatic rings. The molecule has 0 bridgehead atoms. The molecule has 1 saturated carbocycles. The van der Waals surface area contributed by atoms with Gasteiger partial charge < -0.3 is 14.3 Å². The van der Waals surface area contributed by atoms with Crippen LogP contribution in [0.4, 0.5) is 0 Å². The summed E-state index contributed by atoms with van der Waals surface area (Å²) in [5.74, 6) is -0.483. The Morgan fingerprint density at radius 3 is 2.29 bits per heavy atom. The molecular formula is C11H16O3. The Bertz CT molecular complexity index is 213. The molecule has 0 aromatic rings. The van der Waals surface area contributed by atoms with E-state index in [1.165, 1.54) is 6.42 Å². The minimum Gasteiger partial charge on any atom is -0.339 e. The van der Waals surface area contributed by atoms with Crippen LogP contribution in [-0.2, 0) is 14.3 Å². The molecular weight excluding hydrogens is 180 g/mol. The normalized spacial score (nSPS) is 35.7. The van der Waals surface area contributed by atoms with Crippen LogP contribution in [0.5, 0.6) is 0 Å². The molecule has 0 aromatic heterocycles. The highest BCUT2D eigenvalue weighted by atomic mass is 16.8. The summed E-state index contributed by atoms with van der Waals surface area (Å²) in [4.78, 5) is 10.7. The van der Waals surface area contributed by atoms with Crippen LogP contribution in [0.3, 0.4) is 0 Å². The van der Waals surface area contributed by atoms with Crippen LogP contribution in [0.15, 0.2) is 12.7 Å². The highest BCUT2D eigenvalue weighted by molar-refractivity contribution is 5.58. The van der Waals surface area contributed by atoms with Gasteiger partial charge in [-0.1, -0.05) is 12.5 Å². The molecule has 2 unspecified atom stereocenters. The number of hydrogen-bond donors (Lipinski definition) is 0. The van der Waals surface area contributed by atoms with E-state index in [9.17, 15) is 4.79 Å². The maximum absolute atomic E-state index is 10.7. The first-order valence-corrected chi connectivity index (χ1v) is 5.23. The summed E-state index contributed by atoms with van der Waals surface area (Å²) in [7, 11) is 0. The average Bonchev–Trinajstić information content (AvgIpc) is 2.57. The van der Waals surface area contributed by atoms with Crippen molar-refractivity contribution in [3.63, 3.8) is 0 Å². The van der Waals surface area contributed by atoms with Gasteiger partial charge in [0.1, 0.15) is 12.2 Å². The van der Waals surface area contributed by atoms with Gasteiger partial charge in [0.2, 0.25) is 0 Å². The molecule has 1 aliphatic carbocycles. The van der Waals surface area contributed by atoms with Gasteiger partial charge in [-0.25, -0.2) is 0 Å². The van der Waals surface area contributed by atoms with Gasteiger partial charge in [-0.2, -0.15) is 0 Å². The lowest BCUT2D eigenvalue weighted by Gasteiger charge is -2.31. The second-order valence-electron chi connectivity index (χ2n) is 4.01. The zero-order valence-electron chi connectivity index (χ0n) is 8.28. The van der Waals surface area contributed by atoms with Crippen LogP contribution in [0.2, 0.25) is 0 Å². The van der Waals surface area contributed by atoms with E-state index < -0.39 is 11.9 Å². The lowest BCUT2D eigenvalue weighted by Crippen LogP contribution is -2.33. The standard InChI is InChI=1S/C11H16O3/c1-2-9-10(8-12)14-11(13-9)6-4-3-5-7-11/h2,8-10H,1,3-7H2. The van der Waals surface area contributed by atoms with Gasteiger partial charge in [0.25, 0.3) is 0 Å². The van der Waals surface area contributed by atoms with Crippen molar-refractivity contribution < 1.29 is 14.3 Å². The zero-order chi connectivity index (χ0) is 10.0. The van der Waals surface area contributed by atoms with Gasteiger partial charge in [0, 0.05) is 12.8 Å². The van der Waals surface area contributed by atoms with Crippen LogP contribution in [0, 0.1) is 0 Å². The summed E-state index contributed by atoms with van der Waals surface area (Å²) < 4.78 is 11.5. The quantitative estimate of drug-likeness (QED) is 0.499. The highest BCUT2D eigenvalue weighted by Gasteiger charge is 2.46. The van der Waals surface area contributed by atoms with Gasteiger partial charge >= 0.3 is 0 Å². The molecule has 3 nitrogen and oxygen atoms in total. The van der Waals surface area contributed by atoms with Gasteiger partial charge in [-0.05, 0) is 12.8 Å². The third-order valence-corrected chi connectivity index (χ3v) is 3.01. The van der Waals surface area contributed by atoms with E-state index in [4.69, 9.17) is 9.47 Å². The SMILES string of the molecule is C=CC1OC2(CCCCC2)OC1C=O. The topological polar surface area (TPSA) is 35.5 Å². The summed E-state index contributed by atoms with van der Waals surface area (Å²) in [6.07, 6.45) is 7.04. The van der Waals surface area contributed by atoms with Crippen molar-refractivity contribution in [2.45, 2.75) is 50.1 Å². The number of aldehydes is 1. The molecule has 1 spiro atoms. The smallest absolute Gasteiger partial charge is 0.170 e. The molecule has 2 rings (SSSR count). The number of carbonyl (C=O) groups excluding carboxylic acids is 1. The molecule has 3 heteroatoms. The predicted octanol–water partition coefficient (Wildman–Crippen LogP) is 1.82. The minimum absolute atomic E-state index is 0.259. The average molecular weight is 196 g/mol. The van der Waals surface area contributed by atoms with E-state index in [2.05, 4.69) is 6.58 Å². The third kappa shape index (κ3) is 1.62. The van der Waals surface area contributed by atoms with Crippen LogP contribution in [0.25, 0.3) is 0 Å². The maximum atomic E-state index is 10.7. The molecule has 0 radical (unpaired) electrons. The van der Waals surface area contributed by atoms with Crippen molar-refractivity contribution >= 4 is 6.29 Å². The molecule has 2 atom stereocenters. The Balaban J connectivity index is 2.08. The van der Waals surface area contributed by atoms with Crippen molar-refractivity contribution in [2.75, 3.05) is 0 Å². The van der Waals surface area contributed by atoms with Crippen molar-refractivity contribution in [3.8, 4) is 0 Å². The molecule has 0 amide bonds. The number of hydrogen-bond acceptors (Lipinski definition) is 3. The van der Waals surface area contributed by atoms with E-state index in [0.29, 0.717) is 0 Å². The summed E-state index contributed by atoms with van der Waals surface area (Å²) in [5.41, 5.74) is 0. The van der Waals surface area contributed by atoms with Crippen molar-refractivity contribution in [1.82, 2.24) is 0 Å². The fourth-order valence-electron chi connectivity index (χ4n) is 2.27. The molecule has 2 fully saturated rings. The Hall–Kier alpha value is -0.670. The molecule has 1 saturated heterocycles. The Morgan fingerprint density at radius 1 is 1.14 bits per heavy atom. The molecule has 78 valence electrons. The Labute approximate surface area is 84.1 Å². The summed E-state index contributed by atoms with van der Waals surface area (Å²) in [6, 6.07) is 0. The van der Waals surface area contributed by atoms with E-state index in [1.807, 2.05) is 0 Å². The van der Waals surface area contributed by atoms with Crippen LogP contribution in [0.1, 0.15) is 32.1 Å². The first-order valence-electron chi connectivity index (χ1n) is 5.23. The fraction of sp³-hybridized carbons (Fsp3) is 0.727. The summed E-state index contributed by atoms with van der Waals surface area (Å²) in [5, 5.41) is 0. The Morgan fingerprint density at radius 2 is 1.79 bits per heavy atom. The minimum atomic E-state index is -0.483. The van der Waals surface area contributed by atoms with Gasteiger partial charge in [-0.3, -0.25) is 0 Å².